The van der Waals surface area contributed by atoms with Crippen LogP contribution in [0.5, 0.6) is 5.75 Å². The van der Waals surface area contributed by atoms with E-state index in [-0.39, 0.29) is 0 Å². The molecular weight excluding hydrogens is 274 g/mol. The number of guanidine groups is 1. The van der Waals surface area contributed by atoms with Crippen molar-refractivity contribution in [3.8, 4) is 5.75 Å². The van der Waals surface area contributed by atoms with Crippen LogP contribution in [0, 0.1) is 5.41 Å². The Morgan fingerprint density at radius 3 is 2.68 bits per heavy atom. The maximum Gasteiger partial charge on any atom is 0.191 e. The summed E-state index contributed by atoms with van der Waals surface area (Å²) in [7, 11) is 0. The largest absolute Gasteiger partial charge is 0.508 e. The molecule has 1 aromatic carbocycles. The molecule has 2 rings (SSSR count). The quantitative estimate of drug-likeness (QED) is 0.590. The highest BCUT2D eigenvalue weighted by atomic mass is 16.3. The number of hydrogen-bond donors (Lipinski definition) is 3. The second kappa shape index (κ2) is 7.52. The minimum Gasteiger partial charge on any atom is -0.508 e. The molecule has 1 fully saturated rings. The Labute approximate surface area is 134 Å². The topological polar surface area (TPSA) is 56.7 Å². The summed E-state index contributed by atoms with van der Waals surface area (Å²) in [5.74, 6) is 1.16. The van der Waals surface area contributed by atoms with E-state index in [1.54, 1.807) is 12.1 Å². The first-order valence-electron chi connectivity index (χ1n) is 8.31. The molecule has 1 aliphatic rings. The molecule has 0 atom stereocenters. The molecule has 4 heteroatoms. The van der Waals surface area contributed by atoms with Crippen LogP contribution in [0.2, 0.25) is 0 Å². The van der Waals surface area contributed by atoms with Crippen LogP contribution in [-0.2, 0) is 6.54 Å². The van der Waals surface area contributed by atoms with E-state index in [2.05, 4.69) is 36.4 Å². The lowest BCUT2D eigenvalue weighted by Gasteiger charge is -2.35. The standard InChI is InChI=1S/C18H29N3O/c1-4-19-17(20-13-14-6-5-7-16(22)12-14)21-15-8-10-18(2,3)11-9-15/h5-7,12,15,22H,4,8-11,13H2,1-3H3,(H2,19,20,21). The fourth-order valence-corrected chi connectivity index (χ4v) is 2.88. The molecular formula is C18H29N3O. The van der Waals surface area contributed by atoms with Crippen molar-refractivity contribution in [3.63, 3.8) is 0 Å². The van der Waals surface area contributed by atoms with E-state index in [0.717, 1.165) is 18.1 Å². The molecule has 0 saturated heterocycles. The van der Waals surface area contributed by atoms with Gasteiger partial charge >= 0.3 is 0 Å². The van der Waals surface area contributed by atoms with Crippen molar-refractivity contribution in [2.75, 3.05) is 6.54 Å². The molecule has 0 aliphatic heterocycles. The Morgan fingerprint density at radius 2 is 2.05 bits per heavy atom. The van der Waals surface area contributed by atoms with Gasteiger partial charge in [0.15, 0.2) is 5.96 Å². The summed E-state index contributed by atoms with van der Waals surface area (Å²) in [6, 6.07) is 7.78. The lowest BCUT2D eigenvalue weighted by atomic mass is 9.75. The Bertz CT molecular complexity index is 501. The van der Waals surface area contributed by atoms with Gasteiger partial charge in [0.1, 0.15) is 5.75 Å². The monoisotopic (exact) mass is 303 g/mol. The SMILES string of the molecule is CCNC(=NCc1cccc(O)c1)NC1CCC(C)(C)CC1. The molecule has 0 unspecified atom stereocenters. The van der Waals surface area contributed by atoms with Gasteiger partial charge in [-0.15, -0.1) is 0 Å². The van der Waals surface area contributed by atoms with Crippen molar-refractivity contribution in [1.29, 1.82) is 0 Å². The fraction of sp³-hybridized carbons (Fsp3) is 0.611. The predicted molar refractivity (Wildman–Crippen MR) is 92.1 cm³/mol. The van der Waals surface area contributed by atoms with Crippen LogP contribution in [0.1, 0.15) is 52.0 Å². The van der Waals surface area contributed by atoms with E-state index in [0.29, 0.717) is 23.8 Å². The van der Waals surface area contributed by atoms with Gasteiger partial charge in [0, 0.05) is 12.6 Å². The van der Waals surface area contributed by atoms with Crippen molar-refractivity contribution in [2.45, 2.75) is 59.0 Å². The summed E-state index contributed by atoms with van der Waals surface area (Å²) in [6.07, 6.45) is 4.92. The van der Waals surface area contributed by atoms with Crippen molar-refractivity contribution in [3.05, 3.63) is 29.8 Å². The third-order valence-electron chi connectivity index (χ3n) is 4.35. The summed E-state index contributed by atoms with van der Waals surface area (Å²) >= 11 is 0. The average Bonchev–Trinajstić information content (AvgIpc) is 2.47. The van der Waals surface area contributed by atoms with Crippen LogP contribution < -0.4 is 10.6 Å². The molecule has 0 bridgehead atoms. The van der Waals surface area contributed by atoms with Gasteiger partial charge in [-0.05, 0) is 55.7 Å². The highest BCUT2D eigenvalue weighted by molar-refractivity contribution is 5.80. The van der Waals surface area contributed by atoms with Gasteiger partial charge in [-0.2, -0.15) is 0 Å². The molecule has 1 saturated carbocycles. The van der Waals surface area contributed by atoms with Gasteiger partial charge in [-0.3, -0.25) is 0 Å². The third kappa shape index (κ3) is 5.24. The van der Waals surface area contributed by atoms with Crippen LogP contribution in [0.4, 0.5) is 0 Å². The first-order chi connectivity index (χ1) is 10.5. The second-order valence-electron chi connectivity index (χ2n) is 6.95. The summed E-state index contributed by atoms with van der Waals surface area (Å²) in [6.45, 7) is 8.20. The Balaban J connectivity index is 1.93. The summed E-state index contributed by atoms with van der Waals surface area (Å²) in [5.41, 5.74) is 1.50. The third-order valence-corrected chi connectivity index (χ3v) is 4.35. The Kier molecular flexibility index (Phi) is 5.69. The second-order valence-corrected chi connectivity index (χ2v) is 6.95. The van der Waals surface area contributed by atoms with Crippen LogP contribution >= 0.6 is 0 Å². The number of hydrogen-bond acceptors (Lipinski definition) is 2. The highest BCUT2D eigenvalue weighted by Gasteiger charge is 2.27. The van der Waals surface area contributed by atoms with E-state index in [4.69, 9.17) is 0 Å². The highest BCUT2D eigenvalue weighted by Crippen LogP contribution is 2.34. The molecule has 0 aromatic heterocycles. The van der Waals surface area contributed by atoms with Crippen molar-refractivity contribution < 1.29 is 5.11 Å². The molecule has 1 aliphatic carbocycles. The van der Waals surface area contributed by atoms with E-state index in [1.165, 1.54) is 25.7 Å². The van der Waals surface area contributed by atoms with E-state index in [9.17, 15) is 5.11 Å². The van der Waals surface area contributed by atoms with E-state index in [1.807, 2.05) is 12.1 Å². The molecule has 0 heterocycles. The molecule has 22 heavy (non-hydrogen) atoms. The van der Waals surface area contributed by atoms with Crippen LogP contribution in [-0.4, -0.2) is 23.7 Å². The lowest BCUT2D eigenvalue weighted by molar-refractivity contribution is 0.216. The number of nitrogens with one attached hydrogen (secondary N) is 2. The van der Waals surface area contributed by atoms with Crippen molar-refractivity contribution >= 4 is 5.96 Å². The molecule has 1 aromatic rings. The lowest BCUT2D eigenvalue weighted by Crippen LogP contribution is -2.45. The van der Waals surface area contributed by atoms with Gasteiger partial charge in [0.2, 0.25) is 0 Å². The van der Waals surface area contributed by atoms with Gasteiger partial charge in [-0.1, -0.05) is 26.0 Å². The van der Waals surface area contributed by atoms with E-state index < -0.39 is 0 Å². The first-order valence-corrected chi connectivity index (χ1v) is 8.31. The number of rotatable bonds is 4. The zero-order chi connectivity index (χ0) is 16.0. The van der Waals surface area contributed by atoms with Crippen LogP contribution in [0.3, 0.4) is 0 Å². The number of aromatic hydroxyl groups is 1. The van der Waals surface area contributed by atoms with Crippen LogP contribution in [0.25, 0.3) is 0 Å². The number of aliphatic imine (C=N–C) groups is 1. The average molecular weight is 303 g/mol. The van der Waals surface area contributed by atoms with Gasteiger partial charge < -0.3 is 15.7 Å². The summed E-state index contributed by atoms with van der Waals surface area (Å²) in [4.78, 5) is 4.64. The molecule has 122 valence electrons. The van der Waals surface area contributed by atoms with E-state index >= 15 is 0 Å². The molecule has 0 radical (unpaired) electrons. The Morgan fingerprint density at radius 1 is 1.32 bits per heavy atom. The predicted octanol–water partition coefficient (Wildman–Crippen LogP) is 3.42. The number of benzene rings is 1. The number of phenols is 1. The maximum atomic E-state index is 9.51. The maximum absolute atomic E-state index is 9.51. The zero-order valence-corrected chi connectivity index (χ0v) is 14.0. The molecule has 0 amide bonds. The van der Waals surface area contributed by atoms with Crippen molar-refractivity contribution in [1.82, 2.24) is 10.6 Å². The number of phenolic OH excluding ortho intramolecular Hbond substituents is 1. The molecule has 0 spiro atoms. The fourth-order valence-electron chi connectivity index (χ4n) is 2.88. The minimum atomic E-state index is 0.292. The summed E-state index contributed by atoms with van der Waals surface area (Å²) in [5, 5.41) is 16.4. The van der Waals surface area contributed by atoms with Crippen molar-refractivity contribution in [2.24, 2.45) is 10.4 Å². The Hall–Kier alpha value is -1.71. The van der Waals surface area contributed by atoms with Gasteiger partial charge in [-0.25, -0.2) is 4.99 Å². The zero-order valence-electron chi connectivity index (χ0n) is 14.0. The first kappa shape index (κ1) is 16.7. The molecule has 4 nitrogen and oxygen atoms in total. The smallest absolute Gasteiger partial charge is 0.191 e. The summed E-state index contributed by atoms with van der Waals surface area (Å²) < 4.78 is 0. The van der Waals surface area contributed by atoms with Gasteiger partial charge in [0.05, 0.1) is 6.54 Å². The van der Waals surface area contributed by atoms with Crippen LogP contribution in [0.15, 0.2) is 29.3 Å². The number of nitrogens with zero attached hydrogens (tertiary/aromatic N) is 1. The minimum absolute atomic E-state index is 0.292. The molecule has 3 N–H and O–H groups in total. The normalized spacial score (nSPS) is 19.0. The van der Waals surface area contributed by atoms with Gasteiger partial charge in [0.25, 0.3) is 0 Å².